The molecule has 3 N–H and O–H groups in total. The van der Waals surface area contributed by atoms with Crippen molar-refractivity contribution in [1.82, 2.24) is 25.4 Å². The Balaban J connectivity index is 1.35. The van der Waals surface area contributed by atoms with Gasteiger partial charge >= 0.3 is 0 Å². The van der Waals surface area contributed by atoms with E-state index in [9.17, 15) is 4.79 Å². The summed E-state index contributed by atoms with van der Waals surface area (Å²) in [6.45, 7) is 7.97. The summed E-state index contributed by atoms with van der Waals surface area (Å²) in [5, 5.41) is 16.2. The van der Waals surface area contributed by atoms with Gasteiger partial charge in [-0.3, -0.25) is 4.79 Å². The summed E-state index contributed by atoms with van der Waals surface area (Å²) in [5.74, 6) is -0.0643. The highest BCUT2D eigenvalue weighted by Crippen LogP contribution is 2.31. The van der Waals surface area contributed by atoms with Crippen LogP contribution in [0.5, 0.6) is 0 Å². The summed E-state index contributed by atoms with van der Waals surface area (Å²) in [6, 6.07) is 8.83. The highest BCUT2D eigenvalue weighted by atomic mass is 16.5. The topological polar surface area (TPSA) is 93.1 Å². The molecule has 0 bridgehead atoms. The van der Waals surface area contributed by atoms with Gasteiger partial charge in [-0.15, -0.1) is 0 Å². The number of aromatic nitrogens is 3. The van der Waals surface area contributed by atoms with Gasteiger partial charge in [-0.05, 0) is 63.3 Å². The molecule has 1 atom stereocenters. The lowest BCUT2D eigenvalue weighted by atomic mass is 9.97. The molecule has 38 heavy (non-hydrogen) atoms. The maximum absolute atomic E-state index is 13.2. The van der Waals surface area contributed by atoms with E-state index in [4.69, 9.17) is 9.72 Å². The van der Waals surface area contributed by atoms with Crippen LogP contribution >= 0.6 is 0 Å². The molecule has 2 aromatic heterocycles. The van der Waals surface area contributed by atoms with Crippen LogP contribution in [-0.2, 0) is 24.2 Å². The molecule has 204 valence electrons. The van der Waals surface area contributed by atoms with Gasteiger partial charge in [-0.25, -0.2) is 9.67 Å². The van der Waals surface area contributed by atoms with Crippen LogP contribution in [0.4, 0.5) is 5.69 Å². The minimum atomic E-state index is -0.0643. The predicted octanol–water partition coefficient (Wildman–Crippen LogP) is 5.13. The summed E-state index contributed by atoms with van der Waals surface area (Å²) in [5.41, 5.74) is 5.93. The van der Waals surface area contributed by atoms with Crippen molar-refractivity contribution < 1.29 is 9.53 Å². The fourth-order valence-corrected chi connectivity index (χ4v) is 5.73. The number of anilines is 1. The molecule has 2 aliphatic rings. The molecular formula is C30H42N6O2. The minimum Gasteiger partial charge on any atom is -0.381 e. The van der Waals surface area contributed by atoms with Crippen molar-refractivity contribution in [3.63, 3.8) is 0 Å². The van der Waals surface area contributed by atoms with Crippen molar-refractivity contribution in [3.8, 4) is 0 Å². The molecule has 0 saturated carbocycles. The first-order chi connectivity index (χ1) is 18.7. The zero-order valence-electron chi connectivity index (χ0n) is 22.9. The third-order valence-electron chi connectivity index (χ3n) is 7.99. The second-order valence-corrected chi connectivity index (χ2v) is 10.5. The van der Waals surface area contributed by atoms with Gasteiger partial charge in [0.2, 0.25) is 0 Å². The van der Waals surface area contributed by atoms with Crippen LogP contribution < -0.4 is 16.0 Å². The van der Waals surface area contributed by atoms with Gasteiger partial charge in [0.25, 0.3) is 5.91 Å². The van der Waals surface area contributed by atoms with Crippen LogP contribution in [0.1, 0.15) is 92.0 Å². The zero-order valence-corrected chi connectivity index (χ0v) is 22.9. The van der Waals surface area contributed by atoms with E-state index in [1.54, 1.807) is 0 Å². The Morgan fingerprint density at radius 3 is 2.63 bits per heavy atom. The molecule has 5 rings (SSSR count). The summed E-state index contributed by atoms with van der Waals surface area (Å²) >= 11 is 0. The Bertz CT molecular complexity index is 1210. The second kappa shape index (κ2) is 12.7. The number of nitrogens with one attached hydrogen (secondary N) is 3. The summed E-state index contributed by atoms with van der Waals surface area (Å²) in [7, 11) is 0. The van der Waals surface area contributed by atoms with Gasteiger partial charge in [0.05, 0.1) is 17.3 Å². The number of aryl methyl sites for hydroxylation is 2. The van der Waals surface area contributed by atoms with Crippen LogP contribution in [0.15, 0.2) is 30.5 Å². The number of ether oxygens (including phenoxy) is 1. The van der Waals surface area contributed by atoms with Crippen molar-refractivity contribution >= 4 is 22.6 Å². The average molecular weight is 519 g/mol. The van der Waals surface area contributed by atoms with E-state index in [1.807, 2.05) is 23.0 Å². The van der Waals surface area contributed by atoms with Gasteiger partial charge in [0.15, 0.2) is 5.65 Å². The Kier molecular flexibility index (Phi) is 8.91. The molecule has 2 fully saturated rings. The molecular weight excluding hydrogens is 476 g/mol. The molecule has 0 aliphatic carbocycles. The fraction of sp³-hybridized carbons (Fsp3) is 0.567. The number of pyridine rings is 1. The number of rotatable bonds is 8. The van der Waals surface area contributed by atoms with E-state index in [2.05, 4.69) is 47.0 Å². The summed E-state index contributed by atoms with van der Waals surface area (Å²) in [6.07, 6.45) is 10.9. The third kappa shape index (κ3) is 6.02. The lowest BCUT2D eigenvalue weighted by Crippen LogP contribution is -2.30. The largest absolute Gasteiger partial charge is 0.381 e. The average Bonchev–Trinajstić information content (AvgIpc) is 3.35. The normalized spacial score (nSPS) is 19.2. The van der Waals surface area contributed by atoms with E-state index in [-0.39, 0.29) is 5.91 Å². The standard InChI is InChI=1S/C30H42N6O2/c1-3-26-24(28(34-23-14-17-38-18-15-23)25-20-33-36(4-2)29(25)35-26)19-32-30(37)22-12-10-21(11-13-22)27-9-7-5-6-8-16-31-27/h10-13,20,23,27,31H,3-9,14-19H2,1-2H3,(H,32,37)(H,34,35). The van der Waals surface area contributed by atoms with Crippen LogP contribution in [0.25, 0.3) is 11.0 Å². The Morgan fingerprint density at radius 2 is 1.87 bits per heavy atom. The van der Waals surface area contributed by atoms with Gasteiger partial charge in [0.1, 0.15) is 0 Å². The molecule has 0 radical (unpaired) electrons. The molecule has 2 saturated heterocycles. The van der Waals surface area contributed by atoms with E-state index < -0.39 is 0 Å². The van der Waals surface area contributed by atoms with E-state index in [1.165, 1.54) is 31.2 Å². The SMILES string of the molecule is CCc1nc2c(cnn2CC)c(NC2CCOCC2)c1CNC(=O)c1ccc(C2CCCCCCN2)cc1. The third-order valence-corrected chi connectivity index (χ3v) is 7.99. The van der Waals surface area contributed by atoms with Gasteiger partial charge in [-0.2, -0.15) is 5.10 Å². The van der Waals surface area contributed by atoms with Crippen molar-refractivity contribution in [1.29, 1.82) is 0 Å². The number of fused-ring (bicyclic) bond motifs is 1. The van der Waals surface area contributed by atoms with E-state index in [0.717, 1.165) is 80.0 Å². The van der Waals surface area contributed by atoms with Crippen LogP contribution in [-0.4, -0.2) is 46.5 Å². The lowest BCUT2D eigenvalue weighted by molar-refractivity contribution is 0.0904. The number of carbonyl (C=O) groups excluding carboxylic acids is 1. The molecule has 1 unspecified atom stereocenters. The zero-order chi connectivity index (χ0) is 26.3. The summed E-state index contributed by atoms with van der Waals surface area (Å²) in [4.78, 5) is 18.2. The van der Waals surface area contributed by atoms with Crippen LogP contribution in [0.2, 0.25) is 0 Å². The van der Waals surface area contributed by atoms with E-state index >= 15 is 0 Å². The maximum Gasteiger partial charge on any atom is 0.251 e. The smallest absolute Gasteiger partial charge is 0.251 e. The highest BCUT2D eigenvalue weighted by Gasteiger charge is 2.22. The number of carbonyl (C=O) groups is 1. The predicted molar refractivity (Wildman–Crippen MR) is 151 cm³/mol. The molecule has 3 aromatic rings. The molecule has 4 heterocycles. The number of amides is 1. The van der Waals surface area contributed by atoms with Crippen LogP contribution in [0.3, 0.4) is 0 Å². The van der Waals surface area contributed by atoms with Crippen molar-refractivity contribution in [2.24, 2.45) is 0 Å². The number of nitrogens with zero attached hydrogens (tertiary/aromatic N) is 3. The molecule has 2 aliphatic heterocycles. The minimum absolute atomic E-state index is 0.0643. The van der Waals surface area contributed by atoms with Crippen LogP contribution in [0, 0.1) is 0 Å². The first-order valence-corrected chi connectivity index (χ1v) is 14.5. The molecule has 8 heteroatoms. The Labute approximate surface area is 225 Å². The van der Waals surface area contributed by atoms with Crippen molar-refractivity contribution in [2.75, 3.05) is 25.1 Å². The Hall–Kier alpha value is -2.97. The van der Waals surface area contributed by atoms with Gasteiger partial charge in [-0.1, -0.05) is 38.3 Å². The molecule has 1 amide bonds. The molecule has 1 aromatic carbocycles. The first-order valence-electron chi connectivity index (χ1n) is 14.5. The Morgan fingerprint density at radius 1 is 1.08 bits per heavy atom. The van der Waals surface area contributed by atoms with E-state index in [0.29, 0.717) is 24.2 Å². The molecule has 0 spiro atoms. The number of hydrogen-bond donors (Lipinski definition) is 3. The number of hydrogen-bond acceptors (Lipinski definition) is 6. The monoisotopic (exact) mass is 518 g/mol. The summed E-state index contributed by atoms with van der Waals surface area (Å²) < 4.78 is 7.52. The van der Waals surface area contributed by atoms with Gasteiger partial charge in [0, 0.05) is 55.2 Å². The van der Waals surface area contributed by atoms with Crippen molar-refractivity contribution in [2.45, 2.75) is 90.4 Å². The quantitative estimate of drug-likeness (QED) is 0.383. The lowest BCUT2D eigenvalue weighted by Gasteiger charge is -2.26. The molecule has 8 nitrogen and oxygen atoms in total. The number of benzene rings is 1. The fourth-order valence-electron chi connectivity index (χ4n) is 5.73. The second-order valence-electron chi connectivity index (χ2n) is 10.5. The maximum atomic E-state index is 13.2. The highest BCUT2D eigenvalue weighted by molar-refractivity contribution is 5.95. The van der Waals surface area contributed by atoms with Crippen molar-refractivity contribution in [3.05, 3.63) is 52.8 Å². The van der Waals surface area contributed by atoms with Gasteiger partial charge < -0.3 is 20.7 Å². The first kappa shape index (κ1) is 26.6.